The van der Waals surface area contributed by atoms with E-state index in [9.17, 15) is 0 Å². The number of ether oxygens (including phenoxy) is 1. The summed E-state index contributed by atoms with van der Waals surface area (Å²) in [5.41, 5.74) is 6.45. The Balaban J connectivity index is 2.35. The first-order valence-electron chi connectivity index (χ1n) is 4.79. The molecule has 2 heteroatoms. The van der Waals surface area contributed by atoms with Crippen LogP contribution in [0.2, 0.25) is 0 Å². The van der Waals surface area contributed by atoms with Crippen LogP contribution in [-0.2, 0) is 4.74 Å². The molecule has 1 rings (SSSR count). The summed E-state index contributed by atoms with van der Waals surface area (Å²) in [4.78, 5) is 0. The molecule has 13 heavy (non-hydrogen) atoms. The van der Waals surface area contributed by atoms with Gasteiger partial charge in [0, 0.05) is 5.70 Å². The highest BCUT2D eigenvalue weighted by atomic mass is 16.5. The Bertz CT molecular complexity index is 238. The van der Waals surface area contributed by atoms with E-state index in [0.29, 0.717) is 0 Å². The van der Waals surface area contributed by atoms with Crippen molar-refractivity contribution >= 4 is 0 Å². The maximum Gasteiger partial charge on any atom is 0.115 e. The summed E-state index contributed by atoms with van der Waals surface area (Å²) in [5.74, 6) is 0.935. The molecule has 0 aromatic carbocycles. The molecular weight excluding hydrogens is 162 g/mol. The molecule has 72 valence electrons. The van der Waals surface area contributed by atoms with Crippen molar-refractivity contribution in [2.75, 3.05) is 6.61 Å². The minimum atomic E-state index is 0.798. The lowest BCUT2D eigenvalue weighted by Gasteiger charge is -2.04. The van der Waals surface area contributed by atoms with Gasteiger partial charge in [-0.2, -0.15) is 0 Å². The molecule has 0 unspecified atom stereocenters. The quantitative estimate of drug-likeness (QED) is 0.673. The van der Waals surface area contributed by atoms with Crippen molar-refractivity contribution < 1.29 is 4.74 Å². The average Bonchev–Trinajstić information content (AvgIpc) is 2.32. The fourth-order valence-electron chi connectivity index (χ4n) is 1.07. The van der Waals surface area contributed by atoms with E-state index in [1.54, 1.807) is 0 Å². The van der Waals surface area contributed by atoms with Crippen LogP contribution in [0.1, 0.15) is 26.2 Å². The highest BCUT2D eigenvalue weighted by molar-refractivity contribution is 5.27. The monoisotopic (exact) mass is 179 g/mol. The molecule has 0 atom stereocenters. The average molecular weight is 179 g/mol. The molecule has 1 aliphatic rings. The van der Waals surface area contributed by atoms with Crippen molar-refractivity contribution in [1.82, 2.24) is 0 Å². The van der Waals surface area contributed by atoms with Gasteiger partial charge in [0.2, 0.25) is 0 Å². The SMILES string of the molecule is CCCCOC1=CCC=C(N)C=C1. The van der Waals surface area contributed by atoms with Crippen molar-refractivity contribution in [1.29, 1.82) is 0 Å². The Morgan fingerprint density at radius 1 is 1.38 bits per heavy atom. The Morgan fingerprint density at radius 3 is 3.00 bits per heavy atom. The Hall–Kier alpha value is -1.18. The Morgan fingerprint density at radius 2 is 2.23 bits per heavy atom. The van der Waals surface area contributed by atoms with Gasteiger partial charge in [-0.3, -0.25) is 0 Å². The number of nitrogens with two attached hydrogens (primary N) is 1. The van der Waals surface area contributed by atoms with Gasteiger partial charge in [-0.05, 0) is 31.1 Å². The maximum absolute atomic E-state index is 5.64. The Labute approximate surface area is 79.8 Å². The van der Waals surface area contributed by atoms with Gasteiger partial charge >= 0.3 is 0 Å². The van der Waals surface area contributed by atoms with Crippen molar-refractivity contribution in [2.24, 2.45) is 5.73 Å². The van der Waals surface area contributed by atoms with Crippen LogP contribution >= 0.6 is 0 Å². The third-order valence-corrected chi connectivity index (χ3v) is 1.88. The third-order valence-electron chi connectivity index (χ3n) is 1.88. The molecule has 0 radical (unpaired) electrons. The third kappa shape index (κ3) is 3.83. The first kappa shape index (κ1) is 9.90. The fourth-order valence-corrected chi connectivity index (χ4v) is 1.07. The van der Waals surface area contributed by atoms with E-state index < -0.39 is 0 Å². The number of hydrogen-bond donors (Lipinski definition) is 1. The van der Waals surface area contributed by atoms with Crippen molar-refractivity contribution in [2.45, 2.75) is 26.2 Å². The predicted molar refractivity (Wildman–Crippen MR) is 55.0 cm³/mol. The second-order valence-electron chi connectivity index (χ2n) is 3.08. The highest BCUT2D eigenvalue weighted by Crippen LogP contribution is 2.09. The number of hydrogen-bond acceptors (Lipinski definition) is 2. The van der Waals surface area contributed by atoms with Crippen LogP contribution in [0.3, 0.4) is 0 Å². The fraction of sp³-hybridized carbons (Fsp3) is 0.455. The summed E-state index contributed by atoms with van der Waals surface area (Å²) in [6.07, 6.45) is 11.0. The number of allylic oxidation sites excluding steroid dienone is 4. The van der Waals surface area contributed by atoms with Crippen LogP contribution in [0.5, 0.6) is 0 Å². The van der Waals surface area contributed by atoms with E-state index in [4.69, 9.17) is 10.5 Å². The second kappa shape index (κ2) is 5.46. The topological polar surface area (TPSA) is 35.2 Å². The van der Waals surface area contributed by atoms with E-state index in [1.807, 2.05) is 24.3 Å². The zero-order chi connectivity index (χ0) is 9.52. The summed E-state index contributed by atoms with van der Waals surface area (Å²) in [6, 6.07) is 0. The number of unbranched alkanes of at least 4 members (excludes halogenated alkanes) is 1. The Kier molecular flexibility index (Phi) is 4.16. The molecule has 1 aliphatic carbocycles. The minimum absolute atomic E-state index is 0.798. The van der Waals surface area contributed by atoms with Gasteiger partial charge in [0.1, 0.15) is 5.76 Å². The standard InChI is InChI=1S/C11H17NO/c1-2-3-9-13-11-6-4-5-10(12)7-8-11/h5-8H,2-4,9,12H2,1H3. The van der Waals surface area contributed by atoms with Crippen LogP contribution in [-0.4, -0.2) is 6.61 Å². The lowest BCUT2D eigenvalue weighted by molar-refractivity contribution is 0.218. The minimum Gasteiger partial charge on any atom is -0.494 e. The van der Waals surface area contributed by atoms with Gasteiger partial charge < -0.3 is 10.5 Å². The zero-order valence-electron chi connectivity index (χ0n) is 8.12. The lowest BCUT2D eigenvalue weighted by atomic mass is 10.3. The van der Waals surface area contributed by atoms with Gasteiger partial charge in [-0.1, -0.05) is 19.4 Å². The normalized spacial score (nSPS) is 16.1. The molecule has 0 saturated heterocycles. The van der Waals surface area contributed by atoms with E-state index in [-0.39, 0.29) is 0 Å². The molecule has 0 bridgehead atoms. The molecule has 0 fully saturated rings. The van der Waals surface area contributed by atoms with Gasteiger partial charge in [0.05, 0.1) is 6.61 Å². The van der Waals surface area contributed by atoms with Crippen LogP contribution in [0.15, 0.2) is 35.8 Å². The summed E-state index contributed by atoms with van der Waals surface area (Å²) in [7, 11) is 0. The molecule has 0 amide bonds. The van der Waals surface area contributed by atoms with E-state index in [0.717, 1.165) is 37.3 Å². The van der Waals surface area contributed by atoms with Crippen LogP contribution in [0.25, 0.3) is 0 Å². The maximum atomic E-state index is 5.64. The van der Waals surface area contributed by atoms with Crippen molar-refractivity contribution in [3.05, 3.63) is 35.8 Å². The van der Waals surface area contributed by atoms with Gasteiger partial charge in [0.15, 0.2) is 0 Å². The van der Waals surface area contributed by atoms with Gasteiger partial charge in [0.25, 0.3) is 0 Å². The molecule has 0 spiro atoms. The predicted octanol–water partition coefficient (Wildman–Crippen LogP) is 2.49. The molecule has 0 aromatic heterocycles. The summed E-state index contributed by atoms with van der Waals surface area (Å²) in [5, 5.41) is 0. The molecule has 0 heterocycles. The van der Waals surface area contributed by atoms with Crippen LogP contribution in [0.4, 0.5) is 0 Å². The lowest BCUT2D eigenvalue weighted by Crippen LogP contribution is -1.93. The number of rotatable bonds is 4. The van der Waals surface area contributed by atoms with E-state index in [1.165, 1.54) is 0 Å². The first-order chi connectivity index (χ1) is 6.33. The summed E-state index contributed by atoms with van der Waals surface area (Å²) < 4.78 is 5.54. The molecular formula is C11H17NO. The molecule has 0 saturated carbocycles. The van der Waals surface area contributed by atoms with Crippen LogP contribution < -0.4 is 5.73 Å². The van der Waals surface area contributed by atoms with Crippen LogP contribution in [0, 0.1) is 0 Å². The molecule has 0 aromatic rings. The zero-order valence-corrected chi connectivity index (χ0v) is 8.12. The van der Waals surface area contributed by atoms with E-state index in [2.05, 4.69) is 6.92 Å². The van der Waals surface area contributed by atoms with Crippen molar-refractivity contribution in [3.63, 3.8) is 0 Å². The summed E-state index contributed by atoms with van der Waals surface area (Å²) >= 11 is 0. The molecule has 2 nitrogen and oxygen atoms in total. The highest BCUT2D eigenvalue weighted by Gasteiger charge is 1.96. The smallest absolute Gasteiger partial charge is 0.115 e. The van der Waals surface area contributed by atoms with Crippen molar-refractivity contribution in [3.8, 4) is 0 Å². The van der Waals surface area contributed by atoms with Gasteiger partial charge in [-0.25, -0.2) is 0 Å². The largest absolute Gasteiger partial charge is 0.494 e. The summed E-state index contributed by atoms with van der Waals surface area (Å²) in [6.45, 7) is 2.95. The second-order valence-corrected chi connectivity index (χ2v) is 3.08. The molecule has 0 aliphatic heterocycles. The van der Waals surface area contributed by atoms with Gasteiger partial charge in [-0.15, -0.1) is 0 Å². The first-order valence-corrected chi connectivity index (χ1v) is 4.79. The molecule has 2 N–H and O–H groups in total. The van der Waals surface area contributed by atoms with E-state index >= 15 is 0 Å².